The molecule has 1 fully saturated rings. The van der Waals surface area contributed by atoms with Crippen LogP contribution in [0.1, 0.15) is 5.69 Å². The fraction of sp³-hybridized carbons (Fsp3) is 0.286. The molecule has 14 nitrogen and oxygen atoms in total. The van der Waals surface area contributed by atoms with Gasteiger partial charge in [0.1, 0.15) is 22.1 Å². The second-order valence-electron chi connectivity index (χ2n) is 7.81. The van der Waals surface area contributed by atoms with Crippen molar-refractivity contribution in [2.75, 3.05) is 35.3 Å². The summed E-state index contributed by atoms with van der Waals surface area (Å²) in [5.74, 6) is 0.372. The monoisotopic (exact) mass is 575 g/mol. The number of carbonyl (C=O) groups is 3. The van der Waals surface area contributed by atoms with Gasteiger partial charge in [-0.3, -0.25) is 14.5 Å². The largest absolute Gasteiger partial charge is 0.543 e. The van der Waals surface area contributed by atoms with Gasteiger partial charge in [0.05, 0.1) is 24.2 Å². The number of oxime groups is 1. The number of nitrogens with zero attached hydrogens (tertiary/aromatic N) is 5. The second-order valence-corrected chi connectivity index (χ2v) is 10.8. The number of rotatable bonds is 9. The molecule has 198 valence electrons. The minimum absolute atomic E-state index is 0.0727. The first kappa shape index (κ1) is 27.0. The van der Waals surface area contributed by atoms with Crippen LogP contribution in [-0.4, -0.2) is 67.9 Å². The summed E-state index contributed by atoms with van der Waals surface area (Å²) in [5.41, 5.74) is 19.1. The van der Waals surface area contributed by atoms with E-state index in [2.05, 4.69) is 26.4 Å². The molecular formula is C21H21N9O5S3. The number of aromatic nitrogens is 3. The molecule has 7 N–H and O–H groups in total. The highest BCUT2D eigenvalue weighted by atomic mass is 32.2. The molecule has 4 heterocycles. The number of β-lactam (4-membered cyclic amide) rings is 1. The predicted molar refractivity (Wildman–Crippen MR) is 140 cm³/mol. The van der Waals surface area contributed by atoms with Crippen LogP contribution in [0.5, 0.6) is 0 Å². The Morgan fingerprint density at radius 3 is 2.84 bits per heavy atom. The summed E-state index contributed by atoms with van der Waals surface area (Å²) in [7, 11) is 1.66. The average molecular weight is 576 g/mol. The maximum atomic E-state index is 13.0. The first-order valence-electron chi connectivity index (χ1n) is 10.7. The molecular weight excluding hydrogens is 554 g/mol. The SMILES string of the molecule is C#CCO/N=C(\C(=O)N[C@@H]1C(=O)N2C(C(=O)[O-])=C(CSc3cc(N)[n+](C)c(N)n3)CS[C@H]12)c1ncsc1N. The van der Waals surface area contributed by atoms with Gasteiger partial charge in [0.25, 0.3) is 11.8 Å². The van der Waals surface area contributed by atoms with Gasteiger partial charge in [-0.25, -0.2) is 9.55 Å². The molecule has 0 unspecified atom stereocenters. The van der Waals surface area contributed by atoms with Crippen molar-refractivity contribution in [3.63, 3.8) is 0 Å². The maximum absolute atomic E-state index is 13.0. The molecule has 0 saturated carbocycles. The van der Waals surface area contributed by atoms with E-state index in [9.17, 15) is 19.5 Å². The van der Waals surface area contributed by atoms with Crippen molar-refractivity contribution in [2.45, 2.75) is 16.4 Å². The van der Waals surface area contributed by atoms with Gasteiger partial charge < -0.3 is 37.3 Å². The van der Waals surface area contributed by atoms with Gasteiger partial charge >= 0.3 is 5.95 Å². The van der Waals surface area contributed by atoms with Crippen LogP contribution in [0, 0.1) is 12.3 Å². The number of aliphatic carboxylic acids is 1. The van der Waals surface area contributed by atoms with Crippen LogP contribution >= 0.6 is 34.9 Å². The Hall–Kier alpha value is -4.01. The molecule has 2 atom stereocenters. The molecule has 0 bridgehead atoms. The summed E-state index contributed by atoms with van der Waals surface area (Å²) in [4.78, 5) is 52.4. The van der Waals surface area contributed by atoms with Gasteiger partial charge in [-0.1, -0.05) is 22.8 Å². The van der Waals surface area contributed by atoms with Gasteiger partial charge in [-0.05, 0) is 5.57 Å². The van der Waals surface area contributed by atoms with Crippen molar-refractivity contribution in [2.24, 2.45) is 12.2 Å². The number of carbonyl (C=O) groups excluding carboxylic acids is 3. The third kappa shape index (κ3) is 5.18. The number of carboxylic acid groups (broad SMARTS) is 1. The lowest BCUT2D eigenvalue weighted by Crippen LogP contribution is -2.71. The number of nitrogen functional groups attached to an aromatic ring is 3. The molecule has 2 aromatic heterocycles. The fourth-order valence-corrected chi connectivity index (χ4v) is 6.49. The zero-order valence-corrected chi connectivity index (χ0v) is 22.2. The van der Waals surface area contributed by atoms with Crippen LogP contribution < -0.4 is 32.2 Å². The lowest BCUT2D eigenvalue weighted by molar-refractivity contribution is -0.645. The van der Waals surface area contributed by atoms with Crippen molar-refractivity contribution >= 4 is 75.1 Å². The minimum Gasteiger partial charge on any atom is -0.543 e. The van der Waals surface area contributed by atoms with E-state index in [1.54, 1.807) is 13.1 Å². The highest BCUT2D eigenvalue weighted by Crippen LogP contribution is 2.41. The number of amides is 2. The zero-order chi connectivity index (χ0) is 27.6. The quantitative estimate of drug-likeness (QED) is 0.0361. The molecule has 17 heteroatoms. The summed E-state index contributed by atoms with van der Waals surface area (Å²) in [6.07, 6.45) is 5.15. The van der Waals surface area contributed by atoms with E-state index in [1.165, 1.54) is 33.6 Å². The highest BCUT2D eigenvalue weighted by molar-refractivity contribution is 8.01. The van der Waals surface area contributed by atoms with Crippen molar-refractivity contribution < 1.29 is 28.9 Å². The van der Waals surface area contributed by atoms with Crippen molar-refractivity contribution in [3.05, 3.63) is 28.5 Å². The molecule has 2 aromatic rings. The summed E-state index contributed by atoms with van der Waals surface area (Å²) >= 11 is 3.60. The van der Waals surface area contributed by atoms with E-state index >= 15 is 0 Å². The molecule has 38 heavy (non-hydrogen) atoms. The van der Waals surface area contributed by atoms with E-state index in [0.717, 1.165) is 16.2 Å². The maximum Gasteiger partial charge on any atom is 0.345 e. The summed E-state index contributed by atoms with van der Waals surface area (Å²) in [6.45, 7) is -0.202. The van der Waals surface area contributed by atoms with Crippen LogP contribution in [0.4, 0.5) is 16.8 Å². The molecule has 1 saturated heterocycles. The van der Waals surface area contributed by atoms with Gasteiger partial charge in [-0.15, -0.1) is 34.5 Å². The normalized spacial score (nSPS) is 18.9. The molecule has 0 aliphatic carbocycles. The van der Waals surface area contributed by atoms with Crippen LogP contribution in [0.25, 0.3) is 0 Å². The summed E-state index contributed by atoms with van der Waals surface area (Å²) in [5, 5.41) is 18.4. The Bertz CT molecular complexity index is 1390. The predicted octanol–water partition coefficient (Wildman–Crippen LogP) is -2.34. The smallest absolute Gasteiger partial charge is 0.345 e. The number of anilines is 3. The number of terminal acetylenes is 1. The molecule has 0 radical (unpaired) electrons. The van der Waals surface area contributed by atoms with Crippen LogP contribution in [0.15, 0.2) is 33.0 Å². The minimum atomic E-state index is -1.50. The van der Waals surface area contributed by atoms with Crippen molar-refractivity contribution in [1.29, 1.82) is 0 Å². The van der Waals surface area contributed by atoms with Crippen LogP contribution in [0.3, 0.4) is 0 Å². The number of carboxylic acids is 1. The Labute approximate surface area is 228 Å². The van der Waals surface area contributed by atoms with E-state index in [0.29, 0.717) is 16.4 Å². The van der Waals surface area contributed by atoms with E-state index in [1.807, 2.05) is 0 Å². The number of fused-ring (bicyclic) bond motifs is 1. The molecule has 2 aliphatic rings. The first-order chi connectivity index (χ1) is 18.1. The number of nitrogens with one attached hydrogen (secondary N) is 1. The second kappa shape index (κ2) is 11.2. The number of hydrogen-bond acceptors (Lipinski definition) is 14. The van der Waals surface area contributed by atoms with Gasteiger partial charge in [-0.2, -0.15) is 0 Å². The topological polar surface area (TPSA) is 219 Å². The zero-order valence-electron chi connectivity index (χ0n) is 19.7. The molecule has 0 aromatic carbocycles. The molecule has 2 aliphatic heterocycles. The van der Waals surface area contributed by atoms with Gasteiger partial charge in [0, 0.05) is 17.6 Å². The van der Waals surface area contributed by atoms with E-state index in [-0.39, 0.29) is 46.2 Å². The Morgan fingerprint density at radius 2 is 2.21 bits per heavy atom. The van der Waals surface area contributed by atoms with Gasteiger partial charge in [0.2, 0.25) is 0 Å². The standard InChI is InChI=1S/C21H21N9O5S3/c1-3-4-35-28-13(12-16(23)38-8-25-12)17(31)27-14-18(32)30-15(20(33)34)9(7-37-19(14)30)6-36-11-5-10(22)29(2)21(24)26-11/h1,5,8,14,19H,4,6-7H2,2H3,(H7,22,23,24,26,27,28,31,33,34)/t14-,19-/m1/s1. The number of thioether (sulfide) groups is 2. The first-order valence-corrected chi connectivity index (χ1v) is 13.6. The average Bonchev–Trinajstić information content (AvgIpc) is 3.31. The summed E-state index contributed by atoms with van der Waals surface area (Å²) < 4.78 is 1.50. The number of hydrogen-bond donors (Lipinski definition) is 4. The van der Waals surface area contributed by atoms with Gasteiger partial charge in [0.15, 0.2) is 23.2 Å². The highest BCUT2D eigenvalue weighted by Gasteiger charge is 2.53. The molecule has 4 rings (SSSR count). The Morgan fingerprint density at radius 1 is 1.45 bits per heavy atom. The third-order valence-corrected chi connectivity index (χ3v) is 8.48. The lowest BCUT2D eigenvalue weighted by atomic mass is 10.0. The molecule has 0 spiro atoms. The number of thiazole rings is 1. The number of nitrogens with two attached hydrogens (primary N) is 3. The third-order valence-electron chi connectivity index (χ3n) is 5.49. The molecule has 2 amide bonds. The summed E-state index contributed by atoms with van der Waals surface area (Å²) in [6, 6.07) is 0.588. The van der Waals surface area contributed by atoms with E-state index < -0.39 is 29.2 Å². The van der Waals surface area contributed by atoms with Crippen molar-refractivity contribution in [3.8, 4) is 12.3 Å². The van der Waals surface area contributed by atoms with Crippen molar-refractivity contribution in [1.82, 2.24) is 20.2 Å². The lowest BCUT2D eigenvalue weighted by Gasteiger charge is -2.50. The van der Waals surface area contributed by atoms with Crippen LogP contribution in [-0.2, 0) is 26.3 Å². The van der Waals surface area contributed by atoms with Crippen LogP contribution in [0.2, 0.25) is 0 Å². The Kier molecular flexibility index (Phi) is 7.94. The van der Waals surface area contributed by atoms with E-state index in [4.69, 9.17) is 28.5 Å². The fourth-order valence-electron chi connectivity index (χ4n) is 3.56. The Balaban J connectivity index is 1.50.